The van der Waals surface area contributed by atoms with E-state index in [1.54, 1.807) is 30.3 Å². The molecular weight excluding hydrogens is 320 g/mol. The van der Waals surface area contributed by atoms with E-state index < -0.39 is 0 Å². The van der Waals surface area contributed by atoms with Crippen LogP contribution in [0.3, 0.4) is 0 Å². The fraction of sp³-hybridized carbons (Fsp3) is 0.278. The number of furan rings is 1. The summed E-state index contributed by atoms with van der Waals surface area (Å²) in [5.74, 6) is 1.85. The maximum atomic E-state index is 12.4. The number of nitrogens with zero attached hydrogens (tertiary/aromatic N) is 4. The van der Waals surface area contributed by atoms with Gasteiger partial charge in [0.1, 0.15) is 0 Å². The zero-order valence-corrected chi connectivity index (χ0v) is 13.8. The summed E-state index contributed by atoms with van der Waals surface area (Å²) < 4.78 is 10.6. The predicted molar refractivity (Wildman–Crippen MR) is 91.0 cm³/mol. The van der Waals surface area contributed by atoms with Gasteiger partial charge in [-0.1, -0.05) is 23.4 Å². The van der Waals surface area contributed by atoms with Crippen LogP contribution in [-0.2, 0) is 4.79 Å². The van der Waals surface area contributed by atoms with E-state index in [0.717, 1.165) is 18.8 Å². The zero-order chi connectivity index (χ0) is 17.2. The van der Waals surface area contributed by atoms with Crippen molar-refractivity contribution in [2.45, 2.75) is 5.92 Å². The van der Waals surface area contributed by atoms with E-state index >= 15 is 0 Å². The van der Waals surface area contributed by atoms with Gasteiger partial charge in [-0.25, -0.2) is 0 Å². The first-order valence-corrected chi connectivity index (χ1v) is 8.12. The van der Waals surface area contributed by atoms with Gasteiger partial charge >= 0.3 is 0 Å². The summed E-state index contributed by atoms with van der Waals surface area (Å²) in [5.41, 5.74) is 0.893. The number of benzene rings is 1. The molecule has 7 heteroatoms. The van der Waals surface area contributed by atoms with Crippen LogP contribution in [0.5, 0.6) is 0 Å². The number of likely N-dealkylation sites (tertiary alicyclic amines) is 1. The summed E-state index contributed by atoms with van der Waals surface area (Å²) in [6.45, 7) is 1.84. The molecule has 0 spiro atoms. The summed E-state index contributed by atoms with van der Waals surface area (Å²) >= 11 is 0. The lowest BCUT2D eigenvalue weighted by Crippen LogP contribution is -2.50. The molecule has 1 aromatic carbocycles. The van der Waals surface area contributed by atoms with E-state index in [0.29, 0.717) is 24.0 Å². The van der Waals surface area contributed by atoms with Crippen molar-refractivity contribution in [2.75, 3.05) is 31.6 Å². The second-order valence-corrected chi connectivity index (χ2v) is 6.11. The number of hydrogen-bond donors (Lipinski definition) is 0. The van der Waals surface area contributed by atoms with Crippen LogP contribution >= 0.6 is 0 Å². The third-order valence-corrected chi connectivity index (χ3v) is 4.37. The van der Waals surface area contributed by atoms with Crippen molar-refractivity contribution in [3.63, 3.8) is 0 Å². The SMILES string of the molecule is CN(C(=O)CN1CC(c2nc(-c3ccco3)no2)C1)c1ccccc1. The molecule has 2 aromatic heterocycles. The molecule has 1 saturated heterocycles. The Morgan fingerprint density at radius 1 is 1.24 bits per heavy atom. The molecule has 3 heterocycles. The van der Waals surface area contributed by atoms with Gasteiger partial charge in [0.2, 0.25) is 17.6 Å². The first kappa shape index (κ1) is 15.6. The first-order valence-electron chi connectivity index (χ1n) is 8.12. The average molecular weight is 338 g/mol. The number of para-hydroxylation sites is 1. The average Bonchev–Trinajstić information content (AvgIpc) is 3.28. The first-order chi connectivity index (χ1) is 12.2. The van der Waals surface area contributed by atoms with E-state index in [-0.39, 0.29) is 11.8 Å². The highest BCUT2D eigenvalue weighted by molar-refractivity contribution is 5.94. The third-order valence-electron chi connectivity index (χ3n) is 4.37. The normalized spacial score (nSPS) is 15.1. The number of rotatable bonds is 5. The van der Waals surface area contributed by atoms with Gasteiger partial charge in [0.05, 0.1) is 18.7 Å². The molecule has 25 heavy (non-hydrogen) atoms. The Bertz CT molecular complexity index is 838. The van der Waals surface area contributed by atoms with Gasteiger partial charge in [0, 0.05) is 25.8 Å². The second-order valence-electron chi connectivity index (χ2n) is 6.11. The Labute approximate surface area is 144 Å². The number of anilines is 1. The minimum Gasteiger partial charge on any atom is -0.461 e. The Morgan fingerprint density at radius 3 is 2.76 bits per heavy atom. The van der Waals surface area contributed by atoms with Crippen LogP contribution in [0.2, 0.25) is 0 Å². The molecule has 0 aliphatic carbocycles. The summed E-state index contributed by atoms with van der Waals surface area (Å²) in [6.07, 6.45) is 1.57. The van der Waals surface area contributed by atoms with E-state index in [1.807, 2.05) is 30.3 Å². The van der Waals surface area contributed by atoms with Crippen molar-refractivity contribution < 1.29 is 13.7 Å². The quantitative estimate of drug-likeness (QED) is 0.711. The number of carbonyl (C=O) groups is 1. The van der Waals surface area contributed by atoms with Crippen molar-refractivity contribution in [3.8, 4) is 11.6 Å². The van der Waals surface area contributed by atoms with Crippen molar-refractivity contribution in [3.05, 3.63) is 54.6 Å². The topological polar surface area (TPSA) is 75.6 Å². The summed E-state index contributed by atoms with van der Waals surface area (Å²) in [4.78, 5) is 20.5. The Morgan fingerprint density at radius 2 is 2.04 bits per heavy atom. The molecule has 0 N–H and O–H groups in total. The number of hydrogen-bond acceptors (Lipinski definition) is 6. The van der Waals surface area contributed by atoms with E-state index in [1.165, 1.54) is 0 Å². The smallest absolute Gasteiger partial charge is 0.240 e. The zero-order valence-electron chi connectivity index (χ0n) is 13.8. The van der Waals surface area contributed by atoms with Crippen molar-refractivity contribution in [1.82, 2.24) is 15.0 Å². The molecule has 0 atom stereocenters. The van der Waals surface area contributed by atoms with Crippen molar-refractivity contribution in [1.29, 1.82) is 0 Å². The van der Waals surface area contributed by atoms with Crippen LogP contribution in [0.1, 0.15) is 11.8 Å². The molecule has 1 aliphatic heterocycles. The Kier molecular flexibility index (Phi) is 4.07. The van der Waals surface area contributed by atoms with Gasteiger partial charge in [0.15, 0.2) is 5.76 Å². The number of amides is 1. The minimum atomic E-state index is 0.0615. The highest BCUT2D eigenvalue weighted by Gasteiger charge is 2.34. The maximum absolute atomic E-state index is 12.4. The fourth-order valence-electron chi connectivity index (χ4n) is 2.86. The second kappa shape index (κ2) is 6.52. The summed E-state index contributed by atoms with van der Waals surface area (Å²) in [6, 6.07) is 13.2. The number of aromatic nitrogens is 2. The van der Waals surface area contributed by atoms with Crippen molar-refractivity contribution >= 4 is 11.6 Å². The van der Waals surface area contributed by atoms with Gasteiger partial charge in [-0.2, -0.15) is 4.98 Å². The van der Waals surface area contributed by atoms with Gasteiger partial charge in [-0.15, -0.1) is 0 Å². The molecule has 3 aromatic rings. The summed E-state index contributed by atoms with van der Waals surface area (Å²) in [7, 11) is 1.79. The van der Waals surface area contributed by atoms with Crippen LogP contribution in [-0.4, -0.2) is 47.6 Å². The molecule has 128 valence electrons. The van der Waals surface area contributed by atoms with Crippen LogP contribution < -0.4 is 4.90 Å². The van der Waals surface area contributed by atoms with Crippen LogP contribution in [0.4, 0.5) is 5.69 Å². The molecule has 0 saturated carbocycles. The highest BCUT2D eigenvalue weighted by Crippen LogP contribution is 2.27. The van der Waals surface area contributed by atoms with Crippen LogP contribution in [0.25, 0.3) is 11.6 Å². The molecular formula is C18H18N4O3. The van der Waals surface area contributed by atoms with Crippen molar-refractivity contribution in [2.24, 2.45) is 0 Å². The molecule has 4 rings (SSSR count). The van der Waals surface area contributed by atoms with E-state index in [9.17, 15) is 4.79 Å². The van der Waals surface area contributed by atoms with Gasteiger partial charge in [-0.3, -0.25) is 9.69 Å². The highest BCUT2D eigenvalue weighted by atomic mass is 16.5. The molecule has 0 radical (unpaired) electrons. The standard InChI is InChI=1S/C18H18N4O3/c1-21(14-6-3-2-4-7-14)16(23)12-22-10-13(11-22)18-19-17(20-25-18)15-8-5-9-24-15/h2-9,13H,10-12H2,1H3. The molecule has 7 nitrogen and oxygen atoms in total. The van der Waals surface area contributed by atoms with E-state index in [2.05, 4.69) is 15.0 Å². The minimum absolute atomic E-state index is 0.0615. The molecule has 1 amide bonds. The Balaban J connectivity index is 1.31. The fourth-order valence-corrected chi connectivity index (χ4v) is 2.86. The van der Waals surface area contributed by atoms with Crippen LogP contribution in [0.15, 0.2) is 57.7 Å². The van der Waals surface area contributed by atoms with Gasteiger partial charge < -0.3 is 13.8 Å². The predicted octanol–water partition coefficient (Wildman–Crippen LogP) is 2.39. The molecule has 1 fully saturated rings. The lowest BCUT2D eigenvalue weighted by atomic mass is 10.0. The molecule has 0 bridgehead atoms. The summed E-state index contributed by atoms with van der Waals surface area (Å²) in [5, 5.41) is 3.94. The number of likely N-dealkylation sites (N-methyl/N-ethyl adjacent to an activating group) is 1. The maximum Gasteiger partial charge on any atom is 0.240 e. The van der Waals surface area contributed by atoms with Gasteiger partial charge in [-0.05, 0) is 24.3 Å². The van der Waals surface area contributed by atoms with E-state index in [4.69, 9.17) is 8.94 Å². The largest absolute Gasteiger partial charge is 0.461 e. The lowest BCUT2D eigenvalue weighted by Gasteiger charge is -2.37. The van der Waals surface area contributed by atoms with Crippen LogP contribution in [0, 0.1) is 0 Å². The number of carbonyl (C=O) groups excluding carboxylic acids is 1. The monoisotopic (exact) mass is 338 g/mol. The lowest BCUT2D eigenvalue weighted by molar-refractivity contribution is -0.120. The molecule has 0 unspecified atom stereocenters. The molecule has 1 aliphatic rings. The Hall–Kier alpha value is -2.93. The third kappa shape index (κ3) is 3.18. The van der Waals surface area contributed by atoms with Gasteiger partial charge in [0.25, 0.3) is 0 Å².